The van der Waals surface area contributed by atoms with Gasteiger partial charge >= 0.3 is 0 Å². The Bertz CT molecular complexity index is 331. The van der Waals surface area contributed by atoms with E-state index in [-0.39, 0.29) is 5.56 Å². The Labute approximate surface area is 112 Å². The van der Waals surface area contributed by atoms with Gasteiger partial charge in [-0.05, 0) is 43.0 Å². The van der Waals surface area contributed by atoms with Gasteiger partial charge in [-0.1, -0.05) is 24.6 Å². The van der Waals surface area contributed by atoms with Crippen molar-refractivity contribution in [2.75, 3.05) is 18.6 Å². The molecule has 1 aromatic rings. The predicted octanol–water partition coefficient (Wildman–Crippen LogP) is 4.25. The van der Waals surface area contributed by atoms with Crippen LogP contribution in [-0.2, 0) is 6.54 Å². The van der Waals surface area contributed by atoms with Crippen LogP contribution < -0.4 is 5.32 Å². The first-order valence-corrected chi connectivity index (χ1v) is 7.70. The summed E-state index contributed by atoms with van der Waals surface area (Å²) in [6.45, 7) is 1.62. The first-order valence-electron chi connectivity index (χ1n) is 6.30. The van der Waals surface area contributed by atoms with Gasteiger partial charge in [0.2, 0.25) is 0 Å². The van der Waals surface area contributed by atoms with Crippen molar-refractivity contribution < 1.29 is 8.78 Å². The fraction of sp³-hybridized carbons (Fsp3) is 0.571. The molecule has 0 aromatic heterocycles. The molecule has 0 spiro atoms. The highest BCUT2D eigenvalue weighted by molar-refractivity contribution is 7.98. The fourth-order valence-corrected chi connectivity index (χ4v) is 2.24. The average Bonchev–Trinajstić information content (AvgIpc) is 2.38. The Morgan fingerprint density at radius 3 is 2.78 bits per heavy atom. The van der Waals surface area contributed by atoms with Gasteiger partial charge in [-0.25, -0.2) is 8.78 Å². The molecule has 0 saturated carbocycles. The number of alkyl halides is 2. The molecular formula is C14H21F2NS. The number of rotatable bonds is 9. The van der Waals surface area contributed by atoms with Crippen LogP contribution in [0, 0.1) is 0 Å². The molecule has 0 atom stereocenters. The van der Waals surface area contributed by atoms with Crippen LogP contribution in [0.3, 0.4) is 0 Å². The maximum absolute atomic E-state index is 12.5. The van der Waals surface area contributed by atoms with E-state index in [9.17, 15) is 8.78 Å². The van der Waals surface area contributed by atoms with E-state index in [1.165, 1.54) is 24.7 Å². The number of halogens is 2. The fourth-order valence-electron chi connectivity index (χ4n) is 1.74. The Kier molecular flexibility index (Phi) is 8.01. The molecule has 0 aliphatic heterocycles. The molecule has 0 amide bonds. The molecule has 18 heavy (non-hydrogen) atoms. The van der Waals surface area contributed by atoms with Gasteiger partial charge in [-0.15, -0.1) is 0 Å². The lowest BCUT2D eigenvalue weighted by atomic mass is 10.1. The van der Waals surface area contributed by atoms with E-state index >= 15 is 0 Å². The van der Waals surface area contributed by atoms with Crippen LogP contribution in [0.1, 0.15) is 36.8 Å². The summed E-state index contributed by atoms with van der Waals surface area (Å²) < 4.78 is 25.0. The van der Waals surface area contributed by atoms with Gasteiger partial charge in [0.05, 0.1) is 0 Å². The van der Waals surface area contributed by atoms with E-state index < -0.39 is 6.43 Å². The van der Waals surface area contributed by atoms with Crippen molar-refractivity contribution in [3.05, 3.63) is 35.4 Å². The summed E-state index contributed by atoms with van der Waals surface area (Å²) in [6.07, 6.45) is 3.37. The number of unbranched alkanes of at least 4 members (excludes halogenated alkanes) is 2. The predicted molar refractivity (Wildman–Crippen MR) is 75.3 cm³/mol. The first-order chi connectivity index (χ1) is 8.74. The molecule has 1 rings (SSSR count). The lowest BCUT2D eigenvalue weighted by Gasteiger charge is -2.06. The van der Waals surface area contributed by atoms with Gasteiger partial charge in [0.1, 0.15) is 0 Å². The number of nitrogens with one attached hydrogen (secondary N) is 1. The van der Waals surface area contributed by atoms with Crippen LogP contribution in [0.2, 0.25) is 0 Å². The van der Waals surface area contributed by atoms with E-state index in [2.05, 4.69) is 11.6 Å². The van der Waals surface area contributed by atoms with Crippen molar-refractivity contribution in [3.63, 3.8) is 0 Å². The normalized spacial score (nSPS) is 11.1. The molecule has 0 radical (unpaired) electrons. The van der Waals surface area contributed by atoms with Crippen LogP contribution in [0.4, 0.5) is 8.78 Å². The maximum Gasteiger partial charge on any atom is 0.263 e. The zero-order valence-corrected chi connectivity index (χ0v) is 11.6. The van der Waals surface area contributed by atoms with Gasteiger partial charge in [0.15, 0.2) is 0 Å². The third kappa shape index (κ3) is 6.36. The highest BCUT2D eigenvalue weighted by Crippen LogP contribution is 2.19. The van der Waals surface area contributed by atoms with Crippen molar-refractivity contribution in [2.45, 2.75) is 32.2 Å². The molecule has 4 heteroatoms. The second kappa shape index (κ2) is 9.34. The second-order valence-electron chi connectivity index (χ2n) is 4.28. The zero-order valence-electron chi connectivity index (χ0n) is 10.8. The molecule has 0 saturated heterocycles. The van der Waals surface area contributed by atoms with Crippen LogP contribution >= 0.6 is 11.8 Å². The average molecular weight is 273 g/mol. The number of hydrogen-bond donors (Lipinski definition) is 1. The standard InChI is InChI=1S/C14H21F2NS/c1-18-9-4-2-3-8-17-11-12-6-5-7-13(10-12)14(15)16/h5-7,10,14,17H,2-4,8-9,11H2,1H3. The van der Waals surface area contributed by atoms with Crippen LogP contribution in [0.15, 0.2) is 24.3 Å². The lowest BCUT2D eigenvalue weighted by Crippen LogP contribution is -2.14. The molecule has 1 nitrogen and oxygen atoms in total. The van der Waals surface area contributed by atoms with Gasteiger partial charge in [0.25, 0.3) is 6.43 Å². The van der Waals surface area contributed by atoms with Crippen molar-refractivity contribution in [3.8, 4) is 0 Å². The molecule has 0 fully saturated rings. The Morgan fingerprint density at radius 2 is 2.06 bits per heavy atom. The summed E-state index contributed by atoms with van der Waals surface area (Å²) >= 11 is 1.88. The van der Waals surface area contributed by atoms with Crippen LogP contribution in [-0.4, -0.2) is 18.6 Å². The van der Waals surface area contributed by atoms with E-state index in [4.69, 9.17) is 0 Å². The number of thioether (sulfide) groups is 1. The topological polar surface area (TPSA) is 12.0 Å². The van der Waals surface area contributed by atoms with Gasteiger partial charge in [-0.3, -0.25) is 0 Å². The van der Waals surface area contributed by atoms with Crippen molar-refractivity contribution >= 4 is 11.8 Å². The summed E-state index contributed by atoms with van der Waals surface area (Å²) in [6, 6.07) is 6.62. The molecule has 0 bridgehead atoms. The van der Waals surface area contributed by atoms with Gasteiger partial charge < -0.3 is 5.32 Å². The van der Waals surface area contributed by atoms with E-state index in [0.29, 0.717) is 6.54 Å². The third-order valence-electron chi connectivity index (χ3n) is 2.73. The van der Waals surface area contributed by atoms with Crippen molar-refractivity contribution in [1.82, 2.24) is 5.32 Å². The van der Waals surface area contributed by atoms with Gasteiger partial charge in [0, 0.05) is 12.1 Å². The van der Waals surface area contributed by atoms with E-state index in [0.717, 1.165) is 18.5 Å². The molecule has 0 heterocycles. The molecule has 1 aromatic carbocycles. The number of benzene rings is 1. The molecule has 0 unspecified atom stereocenters. The Balaban J connectivity index is 2.17. The largest absolute Gasteiger partial charge is 0.313 e. The monoisotopic (exact) mass is 273 g/mol. The highest BCUT2D eigenvalue weighted by Gasteiger charge is 2.06. The molecule has 102 valence electrons. The van der Waals surface area contributed by atoms with Crippen molar-refractivity contribution in [2.24, 2.45) is 0 Å². The minimum atomic E-state index is -2.38. The lowest BCUT2D eigenvalue weighted by molar-refractivity contribution is 0.151. The van der Waals surface area contributed by atoms with Crippen LogP contribution in [0.5, 0.6) is 0 Å². The van der Waals surface area contributed by atoms with Crippen LogP contribution in [0.25, 0.3) is 0 Å². The minimum absolute atomic E-state index is 0.106. The molecule has 1 N–H and O–H groups in total. The summed E-state index contributed by atoms with van der Waals surface area (Å²) in [5.41, 5.74) is 1.03. The summed E-state index contributed by atoms with van der Waals surface area (Å²) in [4.78, 5) is 0. The third-order valence-corrected chi connectivity index (χ3v) is 3.43. The SMILES string of the molecule is CSCCCCCNCc1cccc(C(F)F)c1. The summed E-state index contributed by atoms with van der Waals surface area (Å²) in [7, 11) is 0. The highest BCUT2D eigenvalue weighted by atomic mass is 32.2. The maximum atomic E-state index is 12.5. The smallest absolute Gasteiger partial charge is 0.263 e. The Hall–Kier alpha value is -0.610. The second-order valence-corrected chi connectivity index (χ2v) is 5.26. The first kappa shape index (κ1) is 15.4. The van der Waals surface area contributed by atoms with Crippen molar-refractivity contribution in [1.29, 1.82) is 0 Å². The molecule has 0 aliphatic carbocycles. The summed E-state index contributed by atoms with van der Waals surface area (Å²) in [5, 5.41) is 3.29. The molecule has 0 aliphatic rings. The summed E-state index contributed by atoms with van der Waals surface area (Å²) in [5.74, 6) is 1.22. The van der Waals surface area contributed by atoms with E-state index in [1.807, 2.05) is 17.8 Å². The zero-order chi connectivity index (χ0) is 13.2. The minimum Gasteiger partial charge on any atom is -0.313 e. The molecular weight excluding hydrogens is 252 g/mol. The number of hydrogen-bond acceptors (Lipinski definition) is 2. The van der Waals surface area contributed by atoms with E-state index in [1.54, 1.807) is 12.1 Å². The van der Waals surface area contributed by atoms with Gasteiger partial charge in [-0.2, -0.15) is 11.8 Å². The quantitative estimate of drug-likeness (QED) is 0.675. The Morgan fingerprint density at radius 1 is 1.22 bits per heavy atom.